The molecule has 1 saturated carbocycles. The van der Waals surface area contributed by atoms with Crippen LogP contribution < -0.4 is 10.6 Å². The summed E-state index contributed by atoms with van der Waals surface area (Å²) in [5.74, 6) is 0. The van der Waals surface area contributed by atoms with Crippen LogP contribution in [0.15, 0.2) is 27.1 Å². The van der Waals surface area contributed by atoms with E-state index in [0.717, 1.165) is 4.47 Å². The number of nitrogens with zero attached hydrogens (tertiary/aromatic N) is 1. The van der Waals surface area contributed by atoms with Crippen molar-refractivity contribution in [2.75, 3.05) is 19.0 Å². The van der Waals surface area contributed by atoms with E-state index < -0.39 is 0 Å². The van der Waals surface area contributed by atoms with E-state index in [2.05, 4.69) is 67.7 Å². The largest absolute Gasteiger partial charge is 0.371 e. The normalized spacial score (nSPS) is 15.0. The van der Waals surface area contributed by atoms with Gasteiger partial charge in [-0.25, -0.2) is 0 Å². The Morgan fingerprint density at radius 3 is 2.21 bits per heavy atom. The highest BCUT2D eigenvalue weighted by molar-refractivity contribution is 9.11. The molecule has 0 bridgehead atoms. The van der Waals surface area contributed by atoms with Gasteiger partial charge >= 0.3 is 0 Å². The van der Waals surface area contributed by atoms with Gasteiger partial charge in [0.2, 0.25) is 0 Å². The fourth-order valence-corrected chi connectivity index (χ4v) is 3.76. The zero-order valence-corrected chi connectivity index (χ0v) is 15.5. The molecule has 1 aliphatic carbocycles. The molecule has 0 aromatic heterocycles. The number of benzene rings is 1. The third kappa shape index (κ3) is 5.62. The SMILES string of the molecule is CN.CN(c1ccc(Br)cc1Br)C1CCCCC1.Cl. The van der Waals surface area contributed by atoms with Gasteiger partial charge in [0.05, 0.1) is 5.69 Å². The molecule has 110 valence electrons. The topological polar surface area (TPSA) is 29.3 Å². The Bertz CT molecular complexity index is 368. The molecule has 0 heterocycles. The molecule has 0 radical (unpaired) electrons. The summed E-state index contributed by atoms with van der Waals surface area (Å²) in [6.45, 7) is 0. The van der Waals surface area contributed by atoms with Crippen LogP contribution in [-0.2, 0) is 0 Å². The van der Waals surface area contributed by atoms with Crippen LogP contribution in [0.2, 0.25) is 0 Å². The lowest BCUT2D eigenvalue weighted by atomic mass is 9.94. The quantitative estimate of drug-likeness (QED) is 0.740. The molecule has 0 unspecified atom stereocenters. The number of rotatable bonds is 2. The second kappa shape index (κ2) is 10.0. The van der Waals surface area contributed by atoms with E-state index in [1.54, 1.807) is 0 Å². The third-order valence-corrected chi connectivity index (χ3v) is 4.54. The maximum absolute atomic E-state index is 4.50. The van der Waals surface area contributed by atoms with Gasteiger partial charge in [0.1, 0.15) is 0 Å². The summed E-state index contributed by atoms with van der Waals surface area (Å²) in [6.07, 6.45) is 6.83. The van der Waals surface area contributed by atoms with Gasteiger partial charge in [-0.1, -0.05) is 35.2 Å². The molecule has 1 aromatic rings. The lowest BCUT2D eigenvalue weighted by Gasteiger charge is -2.33. The molecule has 2 rings (SSSR count). The molecule has 1 fully saturated rings. The molecule has 19 heavy (non-hydrogen) atoms. The Labute approximate surface area is 139 Å². The zero-order chi connectivity index (χ0) is 13.5. The van der Waals surface area contributed by atoms with Crippen molar-refractivity contribution in [3.63, 3.8) is 0 Å². The lowest BCUT2D eigenvalue weighted by Crippen LogP contribution is -2.33. The summed E-state index contributed by atoms with van der Waals surface area (Å²) in [5.41, 5.74) is 5.80. The van der Waals surface area contributed by atoms with Crippen LogP contribution in [-0.4, -0.2) is 20.1 Å². The van der Waals surface area contributed by atoms with Gasteiger partial charge in [0.25, 0.3) is 0 Å². The van der Waals surface area contributed by atoms with E-state index in [0.29, 0.717) is 6.04 Å². The molecule has 0 atom stereocenters. The Morgan fingerprint density at radius 1 is 1.11 bits per heavy atom. The summed E-state index contributed by atoms with van der Waals surface area (Å²) in [6, 6.07) is 7.13. The highest BCUT2D eigenvalue weighted by Gasteiger charge is 2.19. The standard InChI is InChI=1S/C13H17Br2N.CH5N.ClH/c1-16(11-5-3-2-4-6-11)13-8-7-10(14)9-12(13)15;1-2;/h7-9,11H,2-6H2,1H3;2H2,1H3;1H. The van der Waals surface area contributed by atoms with E-state index in [4.69, 9.17) is 0 Å². The van der Waals surface area contributed by atoms with Crippen LogP contribution in [0, 0.1) is 0 Å². The van der Waals surface area contributed by atoms with Crippen molar-refractivity contribution >= 4 is 50.0 Å². The van der Waals surface area contributed by atoms with Gasteiger partial charge in [-0.15, -0.1) is 12.4 Å². The first kappa shape index (κ1) is 19.2. The molecule has 0 saturated heterocycles. The van der Waals surface area contributed by atoms with E-state index in [9.17, 15) is 0 Å². The van der Waals surface area contributed by atoms with Crippen LogP contribution in [0.1, 0.15) is 32.1 Å². The Morgan fingerprint density at radius 2 is 1.68 bits per heavy atom. The van der Waals surface area contributed by atoms with Crippen LogP contribution in [0.25, 0.3) is 0 Å². The summed E-state index contributed by atoms with van der Waals surface area (Å²) in [7, 11) is 3.71. The van der Waals surface area contributed by atoms with Crippen molar-refractivity contribution in [2.24, 2.45) is 5.73 Å². The molecule has 2 N–H and O–H groups in total. The number of hydrogen-bond acceptors (Lipinski definition) is 2. The Hall–Kier alpha value is 0.230. The first-order valence-corrected chi connectivity index (χ1v) is 8.02. The summed E-state index contributed by atoms with van der Waals surface area (Å²) in [4.78, 5) is 2.43. The van der Waals surface area contributed by atoms with Crippen LogP contribution >= 0.6 is 44.3 Å². The van der Waals surface area contributed by atoms with Crippen LogP contribution in [0.4, 0.5) is 5.69 Å². The van der Waals surface area contributed by atoms with Gasteiger partial charge in [-0.05, 0) is 54.0 Å². The smallest absolute Gasteiger partial charge is 0.0511 e. The first-order chi connectivity index (χ1) is 8.68. The fourth-order valence-electron chi connectivity index (χ4n) is 2.43. The third-order valence-electron chi connectivity index (χ3n) is 3.41. The van der Waals surface area contributed by atoms with Gasteiger partial charge in [0, 0.05) is 22.0 Å². The minimum absolute atomic E-state index is 0. The number of anilines is 1. The number of nitrogens with two attached hydrogens (primary N) is 1. The molecule has 0 spiro atoms. The predicted molar refractivity (Wildman–Crippen MR) is 94.5 cm³/mol. The van der Waals surface area contributed by atoms with E-state index in [1.165, 1.54) is 49.3 Å². The van der Waals surface area contributed by atoms with Crippen LogP contribution in [0.5, 0.6) is 0 Å². The van der Waals surface area contributed by atoms with E-state index in [1.807, 2.05) is 0 Å². The Balaban J connectivity index is 0.00000103. The molecular weight excluding hydrogens is 391 g/mol. The molecule has 2 nitrogen and oxygen atoms in total. The van der Waals surface area contributed by atoms with Crippen molar-refractivity contribution < 1.29 is 0 Å². The Kier molecular flexibility index (Phi) is 10.2. The highest BCUT2D eigenvalue weighted by Crippen LogP contribution is 2.32. The minimum Gasteiger partial charge on any atom is -0.371 e. The second-order valence-electron chi connectivity index (χ2n) is 4.50. The second-order valence-corrected chi connectivity index (χ2v) is 6.27. The lowest BCUT2D eigenvalue weighted by molar-refractivity contribution is 0.427. The monoisotopic (exact) mass is 412 g/mol. The summed E-state index contributed by atoms with van der Waals surface area (Å²) < 4.78 is 2.30. The van der Waals surface area contributed by atoms with Crippen molar-refractivity contribution in [2.45, 2.75) is 38.1 Å². The minimum atomic E-state index is 0. The molecule has 0 aliphatic heterocycles. The zero-order valence-electron chi connectivity index (χ0n) is 11.5. The van der Waals surface area contributed by atoms with E-state index >= 15 is 0 Å². The van der Waals surface area contributed by atoms with Crippen LogP contribution in [0.3, 0.4) is 0 Å². The summed E-state index contributed by atoms with van der Waals surface area (Å²) in [5, 5.41) is 0. The van der Waals surface area contributed by atoms with Gasteiger partial charge in [-0.3, -0.25) is 0 Å². The average Bonchev–Trinajstić information content (AvgIpc) is 2.41. The number of hydrogen-bond donors (Lipinski definition) is 1. The van der Waals surface area contributed by atoms with Crippen molar-refractivity contribution in [1.82, 2.24) is 0 Å². The van der Waals surface area contributed by atoms with E-state index in [-0.39, 0.29) is 12.4 Å². The highest BCUT2D eigenvalue weighted by atomic mass is 79.9. The predicted octanol–water partition coefficient (Wildman–Crippen LogP) is 4.98. The number of halogens is 3. The maximum atomic E-state index is 4.50. The van der Waals surface area contributed by atoms with Gasteiger partial charge < -0.3 is 10.6 Å². The molecule has 1 aromatic carbocycles. The summed E-state index contributed by atoms with van der Waals surface area (Å²) >= 11 is 7.14. The molecule has 5 heteroatoms. The maximum Gasteiger partial charge on any atom is 0.0511 e. The first-order valence-electron chi connectivity index (χ1n) is 6.44. The van der Waals surface area contributed by atoms with Crippen molar-refractivity contribution in [3.05, 3.63) is 27.1 Å². The molecular formula is C14H23Br2ClN2. The average molecular weight is 415 g/mol. The van der Waals surface area contributed by atoms with Gasteiger partial charge in [0.15, 0.2) is 0 Å². The van der Waals surface area contributed by atoms with Crippen molar-refractivity contribution in [3.8, 4) is 0 Å². The molecule has 1 aliphatic rings. The molecule has 0 amide bonds. The fraction of sp³-hybridized carbons (Fsp3) is 0.571. The van der Waals surface area contributed by atoms with Gasteiger partial charge in [-0.2, -0.15) is 0 Å². The van der Waals surface area contributed by atoms with Crippen molar-refractivity contribution in [1.29, 1.82) is 0 Å².